The molecule has 0 atom stereocenters. The Morgan fingerprint density at radius 3 is 2.55 bits per heavy atom. The highest BCUT2D eigenvalue weighted by molar-refractivity contribution is 5.95. The molecule has 4 nitrogen and oxygen atoms in total. The number of carbonyl (C=O) groups is 1. The summed E-state index contributed by atoms with van der Waals surface area (Å²) in [4.78, 5) is 15.9. The van der Waals surface area contributed by atoms with Crippen LogP contribution >= 0.6 is 0 Å². The number of ether oxygens (including phenoxy) is 1. The van der Waals surface area contributed by atoms with Crippen LogP contribution in [0.2, 0.25) is 0 Å². The maximum absolute atomic E-state index is 11.7. The number of aromatic nitrogens is 1. The summed E-state index contributed by atoms with van der Waals surface area (Å²) in [5.41, 5.74) is 0.508. The molecule has 20 heavy (non-hydrogen) atoms. The topological polar surface area (TPSA) is 51.2 Å². The van der Waals surface area contributed by atoms with Crippen LogP contribution in [-0.4, -0.2) is 30.0 Å². The van der Waals surface area contributed by atoms with Crippen LogP contribution in [0, 0.1) is 5.92 Å². The first-order valence-corrected chi connectivity index (χ1v) is 7.37. The molecule has 0 aliphatic heterocycles. The lowest BCUT2D eigenvalue weighted by molar-refractivity contribution is 0.0934. The van der Waals surface area contributed by atoms with Crippen molar-refractivity contribution in [3.63, 3.8) is 0 Å². The molecule has 1 aromatic heterocycles. The second kappa shape index (κ2) is 8.69. The molecule has 4 heteroatoms. The van der Waals surface area contributed by atoms with Gasteiger partial charge in [-0.1, -0.05) is 27.7 Å². The van der Waals surface area contributed by atoms with Gasteiger partial charge in [0.15, 0.2) is 5.78 Å². The molecular weight excluding hydrogens is 252 g/mol. The summed E-state index contributed by atoms with van der Waals surface area (Å²) < 4.78 is 5.61. The van der Waals surface area contributed by atoms with Gasteiger partial charge in [-0.25, -0.2) is 4.98 Å². The highest BCUT2D eigenvalue weighted by atomic mass is 16.5. The van der Waals surface area contributed by atoms with Crippen LogP contribution in [0.1, 0.15) is 51.0 Å². The molecule has 0 spiro atoms. The average Bonchev–Trinajstić information content (AvgIpc) is 2.42. The van der Waals surface area contributed by atoms with E-state index in [0.29, 0.717) is 18.3 Å². The Kier molecular flexibility index (Phi) is 7.23. The van der Waals surface area contributed by atoms with Gasteiger partial charge in [-0.15, -0.1) is 0 Å². The molecule has 0 radical (unpaired) electrons. The van der Waals surface area contributed by atoms with E-state index in [2.05, 4.69) is 24.1 Å². The van der Waals surface area contributed by atoms with Gasteiger partial charge in [0, 0.05) is 12.0 Å². The molecule has 1 heterocycles. The van der Waals surface area contributed by atoms with E-state index >= 15 is 0 Å². The number of carbonyl (C=O) groups excluding carboxylic acids is 1. The summed E-state index contributed by atoms with van der Waals surface area (Å²) in [5.74, 6) is 0.765. The fraction of sp³-hybridized carbons (Fsp3) is 0.625. The Hall–Kier alpha value is -1.42. The van der Waals surface area contributed by atoms with E-state index in [1.807, 2.05) is 19.9 Å². The van der Waals surface area contributed by atoms with Crippen molar-refractivity contribution in [2.24, 2.45) is 5.92 Å². The van der Waals surface area contributed by atoms with Gasteiger partial charge in [-0.05, 0) is 31.5 Å². The number of nitrogens with one attached hydrogen (secondary N) is 1. The van der Waals surface area contributed by atoms with Crippen LogP contribution in [0.25, 0.3) is 0 Å². The number of ketones is 1. The van der Waals surface area contributed by atoms with Crippen LogP contribution in [0.4, 0.5) is 0 Å². The lowest BCUT2D eigenvalue weighted by atomic mass is 10.1. The van der Waals surface area contributed by atoms with Crippen LogP contribution < -0.4 is 10.1 Å². The average molecular weight is 278 g/mol. The Bertz CT molecular complexity index is 399. The number of unbranched alkanes of at least 4 members (excludes halogenated alkanes) is 1. The number of Topliss-reactive ketones (excluding diaryl/α,β-unsaturated/α-hetero) is 1. The lowest BCUT2D eigenvalue weighted by Gasteiger charge is -2.09. The molecule has 0 aliphatic rings. The SMILES string of the molecule is CC(C)NCCCCOc1ccc(C(=O)C(C)C)nc1. The van der Waals surface area contributed by atoms with E-state index in [9.17, 15) is 4.79 Å². The molecule has 0 aromatic carbocycles. The summed E-state index contributed by atoms with van der Waals surface area (Å²) in [7, 11) is 0. The highest BCUT2D eigenvalue weighted by Gasteiger charge is 2.11. The molecule has 1 N–H and O–H groups in total. The Labute approximate surface area is 121 Å². The smallest absolute Gasteiger partial charge is 0.183 e. The van der Waals surface area contributed by atoms with Gasteiger partial charge in [-0.3, -0.25) is 4.79 Å². The van der Waals surface area contributed by atoms with Crippen LogP contribution in [0.15, 0.2) is 18.3 Å². The second-order valence-electron chi connectivity index (χ2n) is 5.56. The van der Waals surface area contributed by atoms with Crippen molar-refractivity contribution >= 4 is 5.78 Å². The summed E-state index contributed by atoms with van der Waals surface area (Å²) >= 11 is 0. The number of rotatable bonds is 9. The number of nitrogens with zero attached hydrogens (tertiary/aromatic N) is 1. The van der Waals surface area contributed by atoms with Crippen molar-refractivity contribution in [1.29, 1.82) is 0 Å². The summed E-state index contributed by atoms with van der Waals surface area (Å²) in [5, 5.41) is 3.37. The van der Waals surface area contributed by atoms with Gasteiger partial charge >= 0.3 is 0 Å². The third kappa shape index (κ3) is 6.15. The van der Waals surface area contributed by atoms with Crippen LogP contribution in [0.5, 0.6) is 5.75 Å². The van der Waals surface area contributed by atoms with Gasteiger partial charge in [-0.2, -0.15) is 0 Å². The van der Waals surface area contributed by atoms with E-state index in [0.717, 1.165) is 25.1 Å². The molecule has 112 valence electrons. The molecule has 0 saturated heterocycles. The molecule has 0 amide bonds. The van der Waals surface area contributed by atoms with E-state index < -0.39 is 0 Å². The van der Waals surface area contributed by atoms with Crippen molar-refractivity contribution in [1.82, 2.24) is 10.3 Å². The summed E-state index contributed by atoms with van der Waals surface area (Å²) in [6.45, 7) is 9.73. The predicted octanol–water partition coefficient (Wildman–Crippen LogP) is 3.08. The van der Waals surface area contributed by atoms with Gasteiger partial charge in [0.2, 0.25) is 0 Å². The van der Waals surface area contributed by atoms with Gasteiger partial charge in [0.1, 0.15) is 11.4 Å². The minimum Gasteiger partial charge on any atom is -0.492 e. The van der Waals surface area contributed by atoms with Crippen molar-refractivity contribution in [2.75, 3.05) is 13.2 Å². The first-order valence-electron chi connectivity index (χ1n) is 7.37. The number of hydrogen-bond donors (Lipinski definition) is 1. The third-order valence-corrected chi connectivity index (χ3v) is 2.91. The monoisotopic (exact) mass is 278 g/mol. The molecule has 0 aliphatic carbocycles. The second-order valence-corrected chi connectivity index (χ2v) is 5.56. The lowest BCUT2D eigenvalue weighted by Crippen LogP contribution is -2.23. The Morgan fingerprint density at radius 2 is 2.00 bits per heavy atom. The zero-order valence-electron chi connectivity index (χ0n) is 13.0. The highest BCUT2D eigenvalue weighted by Crippen LogP contribution is 2.12. The Morgan fingerprint density at radius 1 is 1.25 bits per heavy atom. The molecule has 1 aromatic rings. The van der Waals surface area contributed by atoms with Gasteiger partial charge < -0.3 is 10.1 Å². The predicted molar refractivity (Wildman–Crippen MR) is 81.3 cm³/mol. The fourth-order valence-corrected chi connectivity index (χ4v) is 1.72. The fourth-order valence-electron chi connectivity index (χ4n) is 1.72. The van der Waals surface area contributed by atoms with E-state index in [4.69, 9.17) is 4.74 Å². The first kappa shape index (κ1) is 16.6. The van der Waals surface area contributed by atoms with E-state index in [-0.39, 0.29) is 11.7 Å². The largest absolute Gasteiger partial charge is 0.492 e. The van der Waals surface area contributed by atoms with Crippen LogP contribution in [-0.2, 0) is 0 Å². The minimum atomic E-state index is -0.0253. The molecule has 0 fully saturated rings. The third-order valence-electron chi connectivity index (χ3n) is 2.91. The van der Waals surface area contributed by atoms with Gasteiger partial charge in [0.05, 0.1) is 12.8 Å². The molecular formula is C16H26N2O2. The zero-order chi connectivity index (χ0) is 15.0. The zero-order valence-corrected chi connectivity index (χ0v) is 13.0. The molecule has 0 bridgehead atoms. The standard InChI is InChI=1S/C16H26N2O2/c1-12(2)16(19)15-8-7-14(11-18-15)20-10-6-5-9-17-13(3)4/h7-8,11-13,17H,5-6,9-10H2,1-4H3. The molecule has 1 rings (SSSR count). The minimum absolute atomic E-state index is 0.0253. The summed E-state index contributed by atoms with van der Waals surface area (Å²) in [6.07, 6.45) is 3.73. The van der Waals surface area contributed by atoms with E-state index in [1.165, 1.54) is 0 Å². The maximum Gasteiger partial charge on any atom is 0.183 e. The van der Waals surface area contributed by atoms with Crippen molar-refractivity contribution in [3.05, 3.63) is 24.0 Å². The van der Waals surface area contributed by atoms with Crippen molar-refractivity contribution < 1.29 is 9.53 Å². The molecule has 0 unspecified atom stereocenters. The maximum atomic E-state index is 11.7. The normalized spacial score (nSPS) is 11.1. The summed E-state index contributed by atoms with van der Waals surface area (Å²) in [6, 6.07) is 4.08. The first-order chi connectivity index (χ1) is 9.50. The van der Waals surface area contributed by atoms with Gasteiger partial charge in [0.25, 0.3) is 0 Å². The van der Waals surface area contributed by atoms with Crippen LogP contribution in [0.3, 0.4) is 0 Å². The quantitative estimate of drug-likeness (QED) is 0.557. The Balaban J connectivity index is 2.27. The van der Waals surface area contributed by atoms with Crippen molar-refractivity contribution in [3.8, 4) is 5.75 Å². The molecule has 0 saturated carbocycles. The van der Waals surface area contributed by atoms with E-state index in [1.54, 1.807) is 12.3 Å². The number of hydrogen-bond acceptors (Lipinski definition) is 4. The number of pyridine rings is 1. The van der Waals surface area contributed by atoms with Crippen molar-refractivity contribution in [2.45, 2.75) is 46.6 Å².